The second-order valence-corrected chi connectivity index (χ2v) is 9.64. The molecule has 0 radical (unpaired) electrons. The van der Waals surface area contributed by atoms with Crippen molar-refractivity contribution >= 4 is 44.2 Å². The maximum atomic E-state index is 13.7. The third-order valence-corrected chi connectivity index (χ3v) is 7.51. The Morgan fingerprint density at radius 1 is 1.00 bits per heavy atom. The monoisotopic (exact) mass is 483 g/mol. The molecule has 0 atom stereocenters. The molecule has 2 heterocycles. The predicted molar refractivity (Wildman–Crippen MR) is 145 cm³/mol. The minimum Gasteiger partial charge on any atom is -0.497 e. The summed E-state index contributed by atoms with van der Waals surface area (Å²) in [5.41, 5.74) is 4.98. The molecule has 0 spiro atoms. The van der Waals surface area contributed by atoms with Gasteiger partial charge >= 0.3 is 0 Å². The van der Waals surface area contributed by atoms with E-state index >= 15 is 0 Å². The summed E-state index contributed by atoms with van der Waals surface area (Å²) in [4.78, 5) is 22.8. The lowest BCUT2D eigenvalue weighted by Crippen LogP contribution is -2.49. The molecule has 0 bridgehead atoms. The molecule has 3 aromatic carbocycles. The number of rotatable bonds is 6. The van der Waals surface area contributed by atoms with Crippen LogP contribution in [0.15, 0.2) is 72.8 Å². The van der Waals surface area contributed by atoms with Gasteiger partial charge in [0.2, 0.25) is 0 Å². The summed E-state index contributed by atoms with van der Waals surface area (Å²) in [6.45, 7) is 5.06. The topological polar surface area (TPSA) is 45.7 Å². The number of ether oxygens (including phenoxy) is 1. The molecule has 178 valence electrons. The molecule has 1 aliphatic rings. The maximum absolute atomic E-state index is 13.7. The van der Waals surface area contributed by atoms with Crippen LogP contribution >= 0.6 is 11.3 Å². The van der Waals surface area contributed by atoms with Gasteiger partial charge in [0.15, 0.2) is 5.13 Å². The minimum atomic E-state index is 0.0588. The fraction of sp³-hybridized carbons (Fsp3) is 0.241. The lowest BCUT2D eigenvalue weighted by molar-refractivity contribution is -0.125. The zero-order chi connectivity index (χ0) is 24.2. The summed E-state index contributed by atoms with van der Waals surface area (Å²) < 4.78 is 6.50. The molecule has 5 nitrogen and oxygen atoms in total. The van der Waals surface area contributed by atoms with Crippen molar-refractivity contribution in [2.24, 2.45) is 0 Å². The number of anilines is 1. The van der Waals surface area contributed by atoms with Gasteiger partial charge in [-0.15, -0.1) is 0 Å². The Morgan fingerprint density at radius 3 is 2.43 bits per heavy atom. The minimum absolute atomic E-state index is 0.0588. The van der Waals surface area contributed by atoms with Crippen molar-refractivity contribution in [1.82, 2.24) is 9.88 Å². The highest BCUT2D eigenvalue weighted by Gasteiger charge is 2.26. The second-order valence-electron chi connectivity index (χ2n) is 8.63. The molecule has 4 aromatic rings. The summed E-state index contributed by atoms with van der Waals surface area (Å²) >= 11 is 1.74. The molecule has 35 heavy (non-hydrogen) atoms. The molecule has 0 saturated carbocycles. The van der Waals surface area contributed by atoms with Crippen LogP contribution in [-0.2, 0) is 11.2 Å². The zero-order valence-corrected chi connectivity index (χ0v) is 20.9. The Morgan fingerprint density at radius 2 is 1.74 bits per heavy atom. The molecule has 1 amide bonds. The van der Waals surface area contributed by atoms with E-state index in [1.165, 1.54) is 10.3 Å². The van der Waals surface area contributed by atoms with Crippen molar-refractivity contribution < 1.29 is 9.53 Å². The number of aromatic nitrogens is 1. The first-order chi connectivity index (χ1) is 17.1. The van der Waals surface area contributed by atoms with Crippen molar-refractivity contribution in [3.63, 3.8) is 0 Å². The number of hydrogen-bond acceptors (Lipinski definition) is 5. The van der Waals surface area contributed by atoms with Gasteiger partial charge in [-0.25, -0.2) is 4.98 Å². The second kappa shape index (κ2) is 10.3. The molecule has 0 aliphatic carbocycles. The smallest absolute Gasteiger partial charge is 0.254 e. The van der Waals surface area contributed by atoms with E-state index in [0.29, 0.717) is 18.7 Å². The van der Waals surface area contributed by atoms with E-state index in [9.17, 15) is 4.79 Å². The number of benzene rings is 3. The van der Waals surface area contributed by atoms with Crippen molar-refractivity contribution in [3.8, 4) is 5.75 Å². The number of carbonyl (C=O) groups excluding carboxylic acids is 1. The Hall–Kier alpha value is -3.64. The average molecular weight is 484 g/mol. The van der Waals surface area contributed by atoms with E-state index in [2.05, 4.69) is 30.0 Å². The predicted octanol–water partition coefficient (Wildman–Crippen LogP) is 5.76. The summed E-state index contributed by atoms with van der Waals surface area (Å²) in [5.74, 6) is 0.857. The van der Waals surface area contributed by atoms with E-state index in [0.717, 1.165) is 47.0 Å². The van der Waals surface area contributed by atoms with Crippen LogP contribution < -0.4 is 9.64 Å². The fourth-order valence-corrected chi connectivity index (χ4v) is 5.42. The van der Waals surface area contributed by atoms with Crippen LogP contribution in [0.4, 0.5) is 5.13 Å². The first-order valence-electron chi connectivity index (χ1n) is 12.0. The quantitative estimate of drug-likeness (QED) is 0.259. The first-order valence-corrected chi connectivity index (χ1v) is 12.8. The molecule has 0 N–H and O–H groups in total. The van der Waals surface area contributed by atoms with Gasteiger partial charge in [-0.05, 0) is 53.5 Å². The summed E-state index contributed by atoms with van der Waals surface area (Å²) in [6.07, 6.45) is 3.00. The Balaban J connectivity index is 1.34. The van der Waals surface area contributed by atoms with Crippen LogP contribution in [0.3, 0.4) is 0 Å². The molecule has 6 heteroatoms. The van der Waals surface area contributed by atoms with Crippen LogP contribution in [0.25, 0.3) is 21.9 Å². The number of aryl methyl sites for hydroxylation is 1. The summed E-state index contributed by atoms with van der Waals surface area (Å²) in [6, 6.07) is 24.2. The zero-order valence-electron chi connectivity index (χ0n) is 20.1. The number of thiazole rings is 1. The Labute approximate surface area is 210 Å². The third kappa shape index (κ3) is 5.08. The third-order valence-electron chi connectivity index (χ3n) is 6.43. The first kappa shape index (κ1) is 23.1. The Bertz CT molecular complexity index is 1340. The van der Waals surface area contributed by atoms with E-state index in [1.807, 2.05) is 65.6 Å². The lowest BCUT2D eigenvalue weighted by Gasteiger charge is -2.35. The molecule has 1 aromatic heterocycles. The highest BCUT2D eigenvalue weighted by atomic mass is 32.1. The number of fused-ring (bicyclic) bond motifs is 1. The summed E-state index contributed by atoms with van der Waals surface area (Å²) in [7, 11) is 1.65. The van der Waals surface area contributed by atoms with Crippen LogP contribution in [-0.4, -0.2) is 49.1 Å². The number of piperazine rings is 1. The van der Waals surface area contributed by atoms with Crippen LogP contribution in [0.5, 0.6) is 5.75 Å². The molecule has 5 rings (SSSR count). The number of carbonyl (C=O) groups is 1. The molecule has 0 unspecified atom stereocenters. The van der Waals surface area contributed by atoms with Crippen molar-refractivity contribution in [2.75, 3.05) is 38.2 Å². The number of hydrogen-bond donors (Lipinski definition) is 0. The normalized spacial score (nSPS) is 14.4. The average Bonchev–Trinajstić information content (AvgIpc) is 3.35. The highest BCUT2D eigenvalue weighted by Crippen LogP contribution is 2.31. The van der Waals surface area contributed by atoms with Gasteiger partial charge in [0.05, 0.1) is 17.3 Å². The van der Waals surface area contributed by atoms with Crippen LogP contribution in [0.2, 0.25) is 0 Å². The summed E-state index contributed by atoms with van der Waals surface area (Å²) in [5, 5.41) is 1.04. The largest absolute Gasteiger partial charge is 0.497 e. The van der Waals surface area contributed by atoms with E-state index < -0.39 is 0 Å². The molecule has 1 saturated heterocycles. The maximum Gasteiger partial charge on any atom is 0.254 e. The molecular weight excluding hydrogens is 454 g/mol. The number of nitrogens with zero attached hydrogens (tertiary/aromatic N) is 3. The van der Waals surface area contributed by atoms with E-state index in [4.69, 9.17) is 9.72 Å². The number of amides is 1. The molecule has 1 aliphatic heterocycles. The van der Waals surface area contributed by atoms with Gasteiger partial charge in [0, 0.05) is 31.8 Å². The van der Waals surface area contributed by atoms with E-state index in [-0.39, 0.29) is 5.91 Å². The van der Waals surface area contributed by atoms with Crippen molar-refractivity contribution in [3.05, 3.63) is 89.5 Å². The van der Waals surface area contributed by atoms with E-state index in [1.54, 1.807) is 18.4 Å². The van der Waals surface area contributed by atoms with Gasteiger partial charge in [-0.2, -0.15) is 0 Å². The fourth-order valence-electron chi connectivity index (χ4n) is 4.34. The highest BCUT2D eigenvalue weighted by molar-refractivity contribution is 7.22. The van der Waals surface area contributed by atoms with Crippen molar-refractivity contribution in [1.29, 1.82) is 0 Å². The van der Waals surface area contributed by atoms with Gasteiger partial charge in [0.25, 0.3) is 5.91 Å². The molecular formula is C29H29N3O2S. The molecule has 1 fully saturated rings. The Kier molecular flexibility index (Phi) is 6.82. The van der Waals surface area contributed by atoms with Gasteiger partial charge < -0.3 is 14.5 Å². The van der Waals surface area contributed by atoms with Crippen molar-refractivity contribution in [2.45, 2.75) is 13.3 Å². The van der Waals surface area contributed by atoms with Gasteiger partial charge in [0.1, 0.15) is 5.75 Å². The lowest BCUT2D eigenvalue weighted by atomic mass is 10.0. The van der Waals surface area contributed by atoms with Gasteiger partial charge in [-0.3, -0.25) is 4.79 Å². The van der Waals surface area contributed by atoms with Gasteiger partial charge in [-0.1, -0.05) is 66.8 Å². The standard InChI is InChI=1S/C29H29N3O2S/c1-3-21-11-14-26-27(20-21)35-29(30-26)32-17-15-31(16-18-32)28(33)25(23-7-5-4-6-8-23)19-22-9-12-24(34-2)13-10-22/h4-14,19-20H,3,15-18H2,1-2H3/b25-19+. The van der Waals surface area contributed by atoms with Crippen LogP contribution in [0, 0.1) is 0 Å². The van der Waals surface area contributed by atoms with Crippen LogP contribution in [0.1, 0.15) is 23.6 Å². The number of methoxy groups -OCH3 is 1. The SMILES string of the molecule is CCc1ccc2nc(N3CCN(C(=O)/C(=C/c4ccc(OC)cc4)c4ccccc4)CC3)sc2c1.